The summed E-state index contributed by atoms with van der Waals surface area (Å²) in [6.45, 7) is 1.73. The molecule has 9 heteroatoms. The molecular weight excluding hydrogens is 405 g/mol. The van der Waals surface area contributed by atoms with Gasteiger partial charge in [-0.2, -0.15) is 4.37 Å². The zero-order valence-corrected chi connectivity index (χ0v) is 16.7. The van der Waals surface area contributed by atoms with Gasteiger partial charge in [-0.15, -0.1) is 0 Å². The summed E-state index contributed by atoms with van der Waals surface area (Å²) in [4.78, 5) is 33.7. The van der Waals surface area contributed by atoms with Crippen LogP contribution in [0.1, 0.15) is 37.0 Å². The van der Waals surface area contributed by atoms with Crippen LogP contribution in [-0.2, 0) is 6.42 Å². The number of nitrogens with one attached hydrogen (secondary N) is 1. The van der Waals surface area contributed by atoms with Gasteiger partial charge >= 0.3 is 0 Å². The van der Waals surface area contributed by atoms with E-state index in [0.717, 1.165) is 22.0 Å². The van der Waals surface area contributed by atoms with Crippen molar-refractivity contribution >= 4 is 40.1 Å². The van der Waals surface area contributed by atoms with Gasteiger partial charge in [0, 0.05) is 23.2 Å². The van der Waals surface area contributed by atoms with E-state index in [2.05, 4.69) is 19.7 Å². The fraction of sp³-hybridized carbons (Fsp3) is 0.0952. The molecule has 2 aromatic heterocycles. The van der Waals surface area contributed by atoms with Gasteiger partial charge in [0.05, 0.1) is 33.5 Å². The first-order chi connectivity index (χ1) is 14.4. The van der Waals surface area contributed by atoms with E-state index in [4.69, 9.17) is 5.73 Å². The number of fused-ring (bicyclic) bond motifs is 1. The second kappa shape index (κ2) is 7.96. The van der Waals surface area contributed by atoms with Crippen LogP contribution in [0.4, 0.5) is 10.1 Å². The normalized spacial score (nSPS) is 10.9. The number of amides is 2. The highest BCUT2D eigenvalue weighted by molar-refractivity contribution is 7.06. The molecule has 3 N–H and O–H groups in total. The number of aromatic nitrogens is 3. The van der Waals surface area contributed by atoms with Gasteiger partial charge in [0.25, 0.3) is 11.8 Å². The lowest BCUT2D eigenvalue weighted by atomic mass is 10.1. The Hall–Kier alpha value is -3.72. The van der Waals surface area contributed by atoms with Gasteiger partial charge in [-0.3, -0.25) is 14.6 Å². The molecule has 0 radical (unpaired) electrons. The Balaban J connectivity index is 1.59. The lowest BCUT2D eigenvalue weighted by Crippen LogP contribution is -2.16. The van der Waals surface area contributed by atoms with Crippen molar-refractivity contribution in [2.24, 2.45) is 5.73 Å². The van der Waals surface area contributed by atoms with Crippen molar-refractivity contribution < 1.29 is 14.0 Å². The summed E-state index contributed by atoms with van der Waals surface area (Å²) in [6, 6.07) is 11.2. The lowest BCUT2D eigenvalue weighted by molar-refractivity contribution is 0.0994. The maximum Gasteiger partial charge on any atom is 0.258 e. The maximum absolute atomic E-state index is 14.0. The predicted molar refractivity (Wildman–Crippen MR) is 112 cm³/mol. The highest BCUT2D eigenvalue weighted by Gasteiger charge is 2.20. The molecule has 0 spiro atoms. The zero-order chi connectivity index (χ0) is 21.3. The Kier molecular flexibility index (Phi) is 5.20. The quantitative estimate of drug-likeness (QED) is 0.513. The van der Waals surface area contributed by atoms with Gasteiger partial charge in [-0.1, -0.05) is 12.1 Å². The third-order valence-corrected chi connectivity index (χ3v) is 5.43. The minimum atomic E-state index is -0.873. The number of hydrogen-bond donors (Lipinski definition) is 2. The molecule has 2 amide bonds. The molecule has 0 aliphatic carbocycles. The van der Waals surface area contributed by atoms with Crippen LogP contribution in [0.2, 0.25) is 0 Å². The van der Waals surface area contributed by atoms with Gasteiger partial charge in [-0.05, 0) is 48.8 Å². The Morgan fingerprint density at radius 1 is 1.17 bits per heavy atom. The SMILES string of the molecule is Cc1nsc(Cc2cnc3ccccc3n2)c1C(=O)Nc1ccc(C(N)=O)c(F)c1. The molecular formula is C21H16FN5O2S. The van der Waals surface area contributed by atoms with Crippen LogP contribution in [0.25, 0.3) is 11.0 Å². The molecule has 0 aliphatic rings. The molecule has 4 rings (SSSR count). The van der Waals surface area contributed by atoms with Crippen molar-refractivity contribution in [1.29, 1.82) is 0 Å². The Morgan fingerprint density at radius 2 is 1.93 bits per heavy atom. The Bertz CT molecular complexity index is 1290. The first-order valence-corrected chi connectivity index (χ1v) is 9.76. The molecule has 2 aromatic carbocycles. The van der Waals surface area contributed by atoms with Gasteiger partial charge in [0.15, 0.2) is 0 Å². The molecule has 0 fully saturated rings. The summed E-state index contributed by atoms with van der Waals surface area (Å²) < 4.78 is 18.3. The summed E-state index contributed by atoms with van der Waals surface area (Å²) in [5.74, 6) is -2.09. The third-order valence-electron chi connectivity index (χ3n) is 4.49. The van der Waals surface area contributed by atoms with Crippen molar-refractivity contribution in [2.45, 2.75) is 13.3 Å². The molecule has 4 aromatic rings. The number of carbonyl (C=O) groups is 2. The summed E-state index contributed by atoms with van der Waals surface area (Å²) in [5, 5.41) is 2.65. The number of carbonyl (C=O) groups excluding carboxylic acids is 2. The first kappa shape index (κ1) is 19.6. The number of para-hydroxylation sites is 2. The largest absolute Gasteiger partial charge is 0.366 e. The molecule has 0 saturated heterocycles. The first-order valence-electron chi connectivity index (χ1n) is 8.99. The molecule has 7 nitrogen and oxygen atoms in total. The Morgan fingerprint density at radius 3 is 2.67 bits per heavy atom. The van der Waals surface area contributed by atoms with Crippen molar-refractivity contribution in [2.75, 3.05) is 5.32 Å². The van der Waals surface area contributed by atoms with Crippen LogP contribution >= 0.6 is 11.5 Å². The molecule has 0 saturated carbocycles. The third kappa shape index (κ3) is 3.87. The van der Waals surface area contributed by atoms with Crippen LogP contribution in [0.15, 0.2) is 48.7 Å². The number of hydrogen-bond acceptors (Lipinski definition) is 6. The highest BCUT2D eigenvalue weighted by atomic mass is 32.1. The molecule has 0 aliphatic heterocycles. The molecule has 0 bridgehead atoms. The maximum atomic E-state index is 14.0. The average molecular weight is 421 g/mol. The minimum absolute atomic E-state index is 0.213. The highest BCUT2D eigenvalue weighted by Crippen LogP contribution is 2.24. The number of halogens is 1. The second-order valence-electron chi connectivity index (χ2n) is 6.61. The van der Waals surface area contributed by atoms with Gasteiger partial charge in [-0.25, -0.2) is 9.37 Å². The molecule has 30 heavy (non-hydrogen) atoms. The van der Waals surface area contributed by atoms with Crippen molar-refractivity contribution in [3.8, 4) is 0 Å². The molecule has 150 valence electrons. The fourth-order valence-electron chi connectivity index (χ4n) is 3.06. The number of nitrogens with two attached hydrogens (primary N) is 1. The fourth-order valence-corrected chi connectivity index (χ4v) is 3.94. The molecule has 0 unspecified atom stereocenters. The number of nitrogens with zero attached hydrogens (tertiary/aromatic N) is 3. The summed E-state index contributed by atoms with van der Waals surface area (Å²) in [5.41, 5.74) is 8.33. The number of benzene rings is 2. The van der Waals surface area contributed by atoms with E-state index in [0.29, 0.717) is 23.4 Å². The summed E-state index contributed by atoms with van der Waals surface area (Å²) >= 11 is 1.21. The van der Waals surface area contributed by atoms with E-state index in [1.54, 1.807) is 13.1 Å². The standard InChI is InChI=1S/C21H16FN5O2S/c1-11-19(21(29)26-12-6-7-14(20(23)28)15(22)8-12)18(30-27-11)9-13-10-24-16-4-2-3-5-17(16)25-13/h2-8,10H,9H2,1H3,(H2,23,28)(H,26,29). The van der Waals surface area contributed by atoms with E-state index < -0.39 is 17.6 Å². The summed E-state index contributed by atoms with van der Waals surface area (Å²) in [6.07, 6.45) is 2.07. The van der Waals surface area contributed by atoms with Crippen LogP contribution in [-0.4, -0.2) is 26.2 Å². The minimum Gasteiger partial charge on any atom is -0.366 e. The lowest BCUT2D eigenvalue weighted by Gasteiger charge is -2.08. The predicted octanol–water partition coefficient (Wildman–Crippen LogP) is 3.48. The van der Waals surface area contributed by atoms with E-state index in [1.165, 1.54) is 23.7 Å². The zero-order valence-electron chi connectivity index (χ0n) is 15.8. The van der Waals surface area contributed by atoms with Crippen LogP contribution < -0.4 is 11.1 Å². The van der Waals surface area contributed by atoms with Crippen LogP contribution in [0, 0.1) is 12.7 Å². The van der Waals surface area contributed by atoms with E-state index >= 15 is 0 Å². The number of aryl methyl sites for hydroxylation is 1. The Labute approximate surface area is 175 Å². The van der Waals surface area contributed by atoms with Gasteiger partial charge in [0.2, 0.25) is 0 Å². The van der Waals surface area contributed by atoms with E-state index in [1.807, 2.05) is 24.3 Å². The summed E-state index contributed by atoms with van der Waals surface area (Å²) in [7, 11) is 0. The monoisotopic (exact) mass is 421 g/mol. The molecule has 2 heterocycles. The van der Waals surface area contributed by atoms with Crippen molar-refractivity contribution in [1.82, 2.24) is 14.3 Å². The van der Waals surface area contributed by atoms with Gasteiger partial charge in [0.1, 0.15) is 5.82 Å². The average Bonchev–Trinajstić information content (AvgIpc) is 3.07. The van der Waals surface area contributed by atoms with E-state index in [9.17, 15) is 14.0 Å². The van der Waals surface area contributed by atoms with Crippen molar-refractivity contribution in [3.63, 3.8) is 0 Å². The topological polar surface area (TPSA) is 111 Å². The molecule has 0 atom stereocenters. The van der Waals surface area contributed by atoms with Crippen LogP contribution in [0.5, 0.6) is 0 Å². The number of anilines is 1. The second-order valence-corrected chi connectivity index (χ2v) is 7.46. The van der Waals surface area contributed by atoms with Gasteiger partial charge < -0.3 is 11.1 Å². The van der Waals surface area contributed by atoms with Crippen LogP contribution in [0.3, 0.4) is 0 Å². The van der Waals surface area contributed by atoms with Crippen molar-refractivity contribution in [3.05, 3.63) is 81.9 Å². The number of rotatable bonds is 5. The van der Waals surface area contributed by atoms with E-state index in [-0.39, 0.29) is 11.3 Å². The smallest absolute Gasteiger partial charge is 0.258 e. The number of primary amides is 1.